The van der Waals surface area contributed by atoms with Gasteiger partial charge in [0, 0.05) is 33.0 Å². The number of hydrogen-bond acceptors (Lipinski definition) is 3. The summed E-state index contributed by atoms with van der Waals surface area (Å²) in [6.07, 6.45) is 4.24. The normalized spacial score (nSPS) is 11.3. The molecule has 0 aliphatic carbocycles. The van der Waals surface area contributed by atoms with Crippen LogP contribution in [0.3, 0.4) is 0 Å². The van der Waals surface area contributed by atoms with Gasteiger partial charge in [-0.1, -0.05) is 25.7 Å². The Morgan fingerprint density at radius 2 is 2.05 bits per heavy atom. The number of esters is 1. The highest BCUT2D eigenvalue weighted by atomic mass is 28.3. The van der Waals surface area contributed by atoms with Gasteiger partial charge in [0.25, 0.3) is 0 Å². The minimum atomic E-state index is -1.13. The smallest absolute Gasteiger partial charge is 0.305 e. The molecular formula is C15H25NO3Si. The van der Waals surface area contributed by atoms with E-state index in [4.69, 9.17) is 4.74 Å². The van der Waals surface area contributed by atoms with Crippen molar-refractivity contribution >= 4 is 14.0 Å². The summed E-state index contributed by atoms with van der Waals surface area (Å²) in [5.74, 6) is -0.119. The summed E-state index contributed by atoms with van der Waals surface area (Å²) in [6.45, 7) is 7.34. The first-order valence-corrected chi connectivity index (χ1v) is 10.9. The van der Waals surface area contributed by atoms with Gasteiger partial charge in [0.1, 0.15) is 0 Å². The third-order valence-corrected chi connectivity index (χ3v) is 4.79. The fourth-order valence-electron chi connectivity index (χ4n) is 1.78. The molecular weight excluding hydrogens is 270 g/mol. The molecule has 4 nitrogen and oxygen atoms in total. The van der Waals surface area contributed by atoms with Crippen LogP contribution in [0.15, 0.2) is 24.4 Å². The Kier molecular flexibility index (Phi) is 6.71. The van der Waals surface area contributed by atoms with Crippen LogP contribution in [0.4, 0.5) is 0 Å². The van der Waals surface area contributed by atoms with Crippen LogP contribution in [0, 0.1) is 5.21 Å². The number of rotatable bonds is 8. The summed E-state index contributed by atoms with van der Waals surface area (Å²) in [5.41, 5.74) is 0.750. The van der Waals surface area contributed by atoms with Crippen molar-refractivity contribution < 1.29 is 14.3 Å². The van der Waals surface area contributed by atoms with Gasteiger partial charge < -0.3 is 9.94 Å². The fraction of sp³-hybridized carbons (Fsp3) is 0.600. The third kappa shape index (κ3) is 7.28. The van der Waals surface area contributed by atoms with Gasteiger partial charge in [-0.3, -0.25) is 4.79 Å². The lowest BCUT2D eigenvalue weighted by Gasteiger charge is -2.15. The number of aromatic nitrogens is 1. The van der Waals surface area contributed by atoms with Crippen molar-refractivity contribution in [2.75, 3.05) is 6.61 Å². The molecule has 0 unspecified atom stereocenters. The van der Waals surface area contributed by atoms with Gasteiger partial charge in [0.05, 0.1) is 6.61 Å². The van der Waals surface area contributed by atoms with E-state index in [-0.39, 0.29) is 5.97 Å². The molecule has 0 fully saturated rings. The molecule has 0 N–H and O–H groups in total. The molecule has 0 amide bonds. The van der Waals surface area contributed by atoms with Crippen molar-refractivity contribution in [1.29, 1.82) is 0 Å². The fourth-order valence-corrected chi connectivity index (χ4v) is 2.49. The summed E-state index contributed by atoms with van der Waals surface area (Å²) in [6, 6.07) is 6.40. The molecule has 0 saturated heterocycles. The highest BCUT2D eigenvalue weighted by Crippen LogP contribution is 2.09. The van der Waals surface area contributed by atoms with E-state index >= 15 is 0 Å². The summed E-state index contributed by atoms with van der Waals surface area (Å²) >= 11 is 0. The number of pyridine rings is 1. The van der Waals surface area contributed by atoms with Gasteiger partial charge in [-0.2, -0.15) is 4.73 Å². The van der Waals surface area contributed by atoms with Gasteiger partial charge >= 0.3 is 5.97 Å². The third-order valence-electron chi connectivity index (χ3n) is 3.08. The number of carbonyl (C=O) groups is 1. The summed E-state index contributed by atoms with van der Waals surface area (Å²) in [7, 11) is -1.13. The lowest BCUT2D eigenvalue weighted by molar-refractivity contribution is -0.614. The van der Waals surface area contributed by atoms with Gasteiger partial charge in [-0.15, -0.1) is 0 Å². The highest BCUT2D eigenvalue weighted by Gasteiger charge is 2.13. The number of unbranched alkanes of at least 4 members (excludes halogenated alkanes) is 1. The summed E-state index contributed by atoms with van der Waals surface area (Å²) in [5, 5.41) is 11.4. The Labute approximate surface area is 122 Å². The van der Waals surface area contributed by atoms with E-state index in [1.807, 2.05) is 12.1 Å². The van der Waals surface area contributed by atoms with E-state index in [1.54, 1.807) is 6.07 Å². The van der Waals surface area contributed by atoms with Gasteiger partial charge in [0.2, 0.25) is 0 Å². The molecule has 0 aliphatic heterocycles. The van der Waals surface area contributed by atoms with Crippen molar-refractivity contribution in [3.8, 4) is 0 Å². The van der Waals surface area contributed by atoms with Crippen molar-refractivity contribution in [2.45, 2.75) is 51.4 Å². The van der Waals surface area contributed by atoms with Crippen LogP contribution in [-0.4, -0.2) is 20.7 Å². The Morgan fingerprint density at radius 3 is 2.70 bits per heavy atom. The highest BCUT2D eigenvalue weighted by molar-refractivity contribution is 6.76. The Hall–Kier alpha value is -1.36. The van der Waals surface area contributed by atoms with E-state index in [1.165, 1.54) is 6.20 Å². The predicted molar refractivity (Wildman–Crippen MR) is 82.1 cm³/mol. The molecule has 0 spiro atoms. The van der Waals surface area contributed by atoms with Crippen LogP contribution < -0.4 is 4.73 Å². The second kappa shape index (κ2) is 8.04. The lowest BCUT2D eigenvalue weighted by Crippen LogP contribution is -2.30. The molecule has 0 bridgehead atoms. The van der Waals surface area contributed by atoms with Crippen molar-refractivity contribution in [2.24, 2.45) is 0 Å². The number of carbonyl (C=O) groups excluding carboxylic acids is 1. The van der Waals surface area contributed by atoms with Crippen LogP contribution >= 0.6 is 0 Å². The zero-order valence-corrected chi connectivity index (χ0v) is 13.7. The SMILES string of the molecule is C[Si](C)(C)CCOC(=O)CCCCc1cccc[n+]1[O-]. The Bertz CT molecular complexity index is 429. The second-order valence-corrected chi connectivity index (χ2v) is 11.9. The van der Waals surface area contributed by atoms with E-state index in [0.717, 1.165) is 29.3 Å². The number of hydrogen-bond donors (Lipinski definition) is 0. The van der Waals surface area contributed by atoms with E-state index in [2.05, 4.69) is 19.6 Å². The largest absolute Gasteiger partial charge is 0.619 e. The number of nitrogens with zero attached hydrogens (tertiary/aromatic N) is 1. The lowest BCUT2D eigenvalue weighted by atomic mass is 10.1. The first-order chi connectivity index (χ1) is 9.38. The first-order valence-electron chi connectivity index (χ1n) is 7.21. The average molecular weight is 295 g/mol. The van der Waals surface area contributed by atoms with Crippen LogP contribution in [0.25, 0.3) is 0 Å². The van der Waals surface area contributed by atoms with Crippen LogP contribution in [0.2, 0.25) is 25.7 Å². The molecule has 0 atom stereocenters. The molecule has 1 rings (SSSR count). The van der Waals surface area contributed by atoms with E-state index in [0.29, 0.717) is 19.4 Å². The van der Waals surface area contributed by atoms with Crippen LogP contribution in [0.5, 0.6) is 0 Å². The van der Waals surface area contributed by atoms with E-state index in [9.17, 15) is 10.0 Å². The monoisotopic (exact) mass is 295 g/mol. The molecule has 1 aromatic heterocycles. The maximum absolute atomic E-state index is 11.5. The summed E-state index contributed by atoms with van der Waals surface area (Å²) in [4.78, 5) is 11.5. The van der Waals surface area contributed by atoms with Crippen molar-refractivity contribution in [3.05, 3.63) is 35.3 Å². The molecule has 112 valence electrons. The first kappa shape index (κ1) is 16.7. The predicted octanol–water partition coefficient (Wildman–Crippen LogP) is 2.91. The molecule has 5 heteroatoms. The van der Waals surface area contributed by atoms with Crippen LogP contribution in [0.1, 0.15) is 25.0 Å². The van der Waals surface area contributed by atoms with E-state index < -0.39 is 8.07 Å². The molecule has 0 aliphatic rings. The zero-order chi connectivity index (χ0) is 15.0. The summed E-state index contributed by atoms with van der Waals surface area (Å²) < 4.78 is 6.10. The number of aryl methyl sites for hydroxylation is 1. The van der Waals surface area contributed by atoms with Crippen LogP contribution in [-0.2, 0) is 16.0 Å². The van der Waals surface area contributed by atoms with Gasteiger partial charge in [0.15, 0.2) is 11.9 Å². The molecule has 0 saturated carbocycles. The standard InChI is InChI=1S/C15H25NO3Si/c1-20(2,3)13-12-19-15(17)10-5-4-8-14-9-6-7-11-16(14)18/h6-7,9,11H,4-5,8,10,12-13H2,1-3H3. The average Bonchev–Trinajstić information content (AvgIpc) is 2.35. The Balaban J connectivity index is 2.12. The van der Waals surface area contributed by atoms with Gasteiger partial charge in [-0.05, 0) is 18.9 Å². The number of ether oxygens (including phenoxy) is 1. The maximum Gasteiger partial charge on any atom is 0.305 e. The molecule has 20 heavy (non-hydrogen) atoms. The zero-order valence-electron chi connectivity index (χ0n) is 12.7. The Morgan fingerprint density at radius 1 is 1.30 bits per heavy atom. The molecule has 1 heterocycles. The minimum absolute atomic E-state index is 0.119. The van der Waals surface area contributed by atoms with Crippen molar-refractivity contribution in [1.82, 2.24) is 0 Å². The molecule has 0 aromatic carbocycles. The van der Waals surface area contributed by atoms with Gasteiger partial charge in [-0.25, -0.2) is 0 Å². The van der Waals surface area contributed by atoms with Crippen molar-refractivity contribution in [3.63, 3.8) is 0 Å². The minimum Gasteiger partial charge on any atom is -0.619 e. The second-order valence-electron chi connectivity index (χ2n) is 6.26. The molecule has 0 radical (unpaired) electrons. The molecule has 1 aromatic rings. The topological polar surface area (TPSA) is 53.2 Å². The maximum atomic E-state index is 11.5. The quantitative estimate of drug-likeness (QED) is 0.244.